The van der Waals surface area contributed by atoms with E-state index in [1.807, 2.05) is 42.2 Å². The third kappa shape index (κ3) is 6.63. The van der Waals surface area contributed by atoms with Gasteiger partial charge in [-0.2, -0.15) is 0 Å². The van der Waals surface area contributed by atoms with Crippen LogP contribution < -0.4 is 10.6 Å². The van der Waals surface area contributed by atoms with Gasteiger partial charge in [0.1, 0.15) is 6.10 Å². The molecule has 1 aromatic carbocycles. The lowest BCUT2D eigenvalue weighted by Crippen LogP contribution is -2.52. The molecule has 2 heterocycles. The number of nitrogens with zero attached hydrogens (tertiary/aromatic N) is 1. The summed E-state index contributed by atoms with van der Waals surface area (Å²) in [6.07, 6.45) is 2.70. The summed E-state index contributed by atoms with van der Waals surface area (Å²) in [6, 6.07) is 9.21. The summed E-state index contributed by atoms with van der Waals surface area (Å²) in [6.45, 7) is 4.69. The molecule has 0 unspecified atom stereocenters. The minimum absolute atomic E-state index is 0.105. The lowest BCUT2D eigenvalue weighted by Gasteiger charge is -2.33. The molecular weight excluding hydrogens is 386 g/mol. The van der Waals surface area contributed by atoms with Crippen molar-refractivity contribution in [3.05, 3.63) is 48.0 Å². The van der Waals surface area contributed by atoms with Crippen molar-refractivity contribution in [2.75, 3.05) is 39.5 Å². The van der Waals surface area contributed by atoms with Crippen LogP contribution in [0.25, 0.3) is 0 Å². The van der Waals surface area contributed by atoms with Crippen LogP contribution in [0.4, 0.5) is 0 Å². The fourth-order valence-corrected chi connectivity index (χ4v) is 3.64. The van der Waals surface area contributed by atoms with Crippen molar-refractivity contribution in [1.82, 2.24) is 15.5 Å². The molecule has 0 aliphatic carbocycles. The van der Waals surface area contributed by atoms with Gasteiger partial charge in [-0.05, 0) is 12.5 Å². The Hall–Kier alpha value is -2.26. The highest BCUT2D eigenvalue weighted by atomic mass is 16.5. The van der Waals surface area contributed by atoms with Crippen LogP contribution in [-0.4, -0.2) is 79.5 Å². The Bertz CT molecular complexity index is 721. The summed E-state index contributed by atoms with van der Waals surface area (Å²) in [5, 5.41) is 15.6. The van der Waals surface area contributed by atoms with Gasteiger partial charge in [0.15, 0.2) is 0 Å². The molecule has 2 amide bonds. The minimum atomic E-state index is -0.590. The number of aliphatic hydroxyl groups excluding tert-OH is 1. The fraction of sp³-hybridized carbons (Fsp3) is 0.545. The predicted molar refractivity (Wildman–Crippen MR) is 112 cm³/mol. The Morgan fingerprint density at radius 2 is 1.90 bits per heavy atom. The van der Waals surface area contributed by atoms with Crippen LogP contribution in [0.1, 0.15) is 24.9 Å². The Kier molecular flexibility index (Phi) is 8.39. The normalized spacial score (nSPS) is 25.5. The van der Waals surface area contributed by atoms with Crippen LogP contribution in [0.3, 0.4) is 0 Å². The maximum atomic E-state index is 12.4. The van der Waals surface area contributed by atoms with Gasteiger partial charge >= 0.3 is 0 Å². The van der Waals surface area contributed by atoms with E-state index in [2.05, 4.69) is 10.6 Å². The summed E-state index contributed by atoms with van der Waals surface area (Å²) in [5.41, 5.74) is 1.03. The molecule has 2 aliphatic heterocycles. The number of aliphatic hydroxyl groups is 1. The summed E-state index contributed by atoms with van der Waals surface area (Å²) < 4.78 is 11.1. The molecule has 8 nitrogen and oxygen atoms in total. The largest absolute Gasteiger partial charge is 0.394 e. The first-order chi connectivity index (χ1) is 14.5. The molecule has 30 heavy (non-hydrogen) atoms. The lowest BCUT2D eigenvalue weighted by atomic mass is 10.0. The number of carbonyl (C=O) groups is 2. The van der Waals surface area contributed by atoms with Gasteiger partial charge in [-0.25, -0.2) is 0 Å². The molecule has 0 saturated carbocycles. The molecule has 4 atom stereocenters. The molecule has 0 aromatic heterocycles. The number of rotatable bonds is 8. The number of hydrogen-bond acceptors (Lipinski definition) is 6. The quantitative estimate of drug-likeness (QED) is 0.529. The van der Waals surface area contributed by atoms with Crippen LogP contribution in [0.2, 0.25) is 0 Å². The van der Waals surface area contributed by atoms with Crippen LogP contribution in [-0.2, 0) is 19.1 Å². The van der Waals surface area contributed by atoms with Gasteiger partial charge in [0.25, 0.3) is 0 Å². The molecular formula is C22H31N3O5. The Morgan fingerprint density at radius 3 is 2.60 bits per heavy atom. The number of benzene rings is 1. The number of ether oxygens (including phenoxy) is 2. The van der Waals surface area contributed by atoms with Crippen molar-refractivity contribution in [3.63, 3.8) is 0 Å². The van der Waals surface area contributed by atoms with Gasteiger partial charge in [0, 0.05) is 13.1 Å². The average molecular weight is 418 g/mol. The Morgan fingerprint density at radius 1 is 1.17 bits per heavy atom. The van der Waals surface area contributed by atoms with Gasteiger partial charge in [0.05, 0.1) is 51.0 Å². The Balaban J connectivity index is 1.47. The molecule has 1 fully saturated rings. The molecule has 1 aromatic rings. The maximum Gasteiger partial charge on any atom is 0.234 e. The first-order valence-corrected chi connectivity index (χ1v) is 10.4. The van der Waals surface area contributed by atoms with Gasteiger partial charge in [0.2, 0.25) is 11.8 Å². The second kappa shape index (κ2) is 11.2. The zero-order valence-corrected chi connectivity index (χ0v) is 17.3. The van der Waals surface area contributed by atoms with Crippen molar-refractivity contribution in [3.8, 4) is 0 Å². The van der Waals surface area contributed by atoms with Crippen LogP contribution in [0.15, 0.2) is 42.5 Å². The van der Waals surface area contributed by atoms with E-state index in [-0.39, 0.29) is 37.4 Å². The van der Waals surface area contributed by atoms with Crippen LogP contribution >= 0.6 is 0 Å². The van der Waals surface area contributed by atoms with E-state index in [1.165, 1.54) is 0 Å². The minimum Gasteiger partial charge on any atom is -0.394 e. The van der Waals surface area contributed by atoms with Crippen LogP contribution in [0.5, 0.6) is 0 Å². The highest BCUT2D eigenvalue weighted by molar-refractivity contribution is 5.79. The van der Waals surface area contributed by atoms with E-state index >= 15 is 0 Å². The zero-order valence-electron chi connectivity index (χ0n) is 17.3. The molecule has 0 radical (unpaired) electrons. The highest BCUT2D eigenvalue weighted by Crippen LogP contribution is 2.17. The van der Waals surface area contributed by atoms with Crippen molar-refractivity contribution in [2.24, 2.45) is 0 Å². The molecule has 2 aliphatic rings. The monoisotopic (exact) mass is 417 g/mol. The predicted octanol–water partition coefficient (Wildman–Crippen LogP) is 0.387. The van der Waals surface area contributed by atoms with Gasteiger partial charge < -0.3 is 25.2 Å². The number of amides is 2. The summed E-state index contributed by atoms with van der Waals surface area (Å²) >= 11 is 0. The molecule has 8 heteroatoms. The topological polar surface area (TPSA) is 100 Å². The van der Waals surface area contributed by atoms with E-state index in [0.29, 0.717) is 13.2 Å². The number of nitrogens with one attached hydrogen (secondary N) is 2. The number of hydrogen-bond donors (Lipinski definition) is 3. The van der Waals surface area contributed by atoms with Crippen molar-refractivity contribution < 1.29 is 24.2 Å². The van der Waals surface area contributed by atoms with E-state index in [4.69, 9.17) is 9.47 Å². The van der Waals surface area contributed by atoms with Crippen molar-refractivity contribution >= 4 is 11.8 Å². The van der Waals surface area contributed by atoms with E-state index in [9.17, 15) is 14.7 Å². The molecule has 1 saturated heterocycles. The Labute approximate surface area is 177 Å². The van der Waals surface area contributed by atoms with Gasteiger partial charge in [-0.15, -0.1) is 0 Å². The first kappa shape index (κ1) is 22.4. The van der Waals surface area contributed by atoms with Crippen molar-refractivity contribution in [2.45, 2.75) is 37.6 Å². The van der Waals surface area contributed by atoms with Gasteiger partial charge in [-0.3, -0.25) is 14.5 Å². The first-order valence-electron chi connectivity index (χ1n) is 10.4. The second-order valence-electron chi connectivity index (χ2n) is 7.67. The summed E-state index contributed by atoms with van der Waals surface area (Å²) in [4.78, 5) is 26.8. The summed E-state index contributed by atoms with van der Waals surface area (Å²) in [5.74, 6) is -0.256. The zero-order chi connectivity index (χ0) is 21.3. The lowest BCUT2D eigenvalue weighted by molar-refractivity contribution is -0.129. The third-order valence-corrected chi connectivity index (χ3v) is 5.33. The van der Waals surface area contributed by atoms with Gasteiger partial charge in [-0.1, -0.05) is 42.5 Å². The molecule has 3 rings (SSSR count). The van der Waals surface area contributed by atoms with Crippen LogP contribution in [0, 0.1) is 0 Å². The van der Waals surface area contributed by atoms with Crippen molar-refractivity contribution in [1.29, 1.82) is 0 Å². The molecule has 164 valence electrons. The van der Waals surface area contributed by atoms with E-state index < -0.39 is 18.2 Å². The maximum absolute atomic E-state index is 12.4. The standard InChI is InChI=1S/C22H31N3O5/c1-16(17-5-3-2-4-6-17)23-21(27)13-18-7-8-19(20(15-26)30-18)24-22(28)14-25-9-11-29-12-10-25/h2-8,16,18-20,26H,9-15H2,1H3,(H,23,27)(H,24,28)/t16-,18-,19-,20+/m0/s1. The number of carbonyl (C=O) groups excluding carboxylic acids is 2. The second-order valence-corrected chi connectivity index (χ2v) is 7.67. The smallest absolute Gasteiger partial charge is 0.234 e. The van der Waals surface area contributed by atoms with E-state index in [0.717, 1.165) is 18.7 Å². The molecule has 0 spiro atoms. The SMILES string of the molecule is C[C@H](NC(=O)C[C@@H]1C=C[C@H](NC(=O)CN2CCOCC2)[C@@H](CO)O1)c1ccccc1. The molecule has 0 bridgehead atoms. The fourth-order valence-electron chi connectivity index (χ4n) is 3.64. The average Bonchev–Trinajstić information content (AvgIpc) is 2.76. The number of morpholine rings is 1. The van der Waals surface area contributed by atoms with E-state index in [1.54, 1.807) is 12.2 Å². The molecule has 3 N–H and O–H groups in total. The highest BCUT2D eigenvalue weighted by Gasteiger charge is 2.29. The summed E-state index contributed by atoms with van der Waals surface area (Å²) in [7, 11) is 0. The third-order valence-electron chi connectivity index (χ3n) is 5.33.